The van der Waals surface area contributed by atoms with Crippen LogP contribution in [0.5, 0.6) is 5.75 Å². The molecule has 0 heterocycles. The average Bonchev–Trinajstić information content (AvgIpc) is 2.58. The molecule has 0 spiro atoms. The highest BCUT2D eigenvalue weighted by Crippen LogP contribution is 2.29. The lowest BCUT2D eigenvalue weighted by Gasteiger charge is -2.19. The van der Waals surface area contributed by atoms with Gasteiger partial charge in [0.1, 0.15) is 5.75 Å². The maximum absolute atomic E-state index is 6.13. The Labute approximate surface area is 112 Å². The molecule has 2 rings (SSSR count). The SMILES string of the molecule is NCc1c(Br)cccc1OC1CCCCCC1. The van der Waals surface area contributed by atoms with Crippen LogP contribution in [0, 0.1) is 0 Å². The lowest BCUT2D eigenvalue weighted by Crippen LogP contribution is -2.16. The van der Waals surface area contributed by atoms with Crippen LogP contribution in [-0.4, -0.2) is 6.10 Å². The fraction of sp³-hybridized carbons (Fsp3) is 0.571. The van der Waals surface area contributed by atoms with Crippen LogP contribution in [0.4, 0.5) is 0 Å². The first-order valence-corrected chi connectivity index (χ1v) is 7.24. The molecule has 1 aromatic rings. The molecule has 94 valence electrons. The predicted octanol–water partition coefficient (Wildman–Crippen LogP) is 4.01. The summed E-state index contributed by atoms with van der Waals surface area (Å²) < 4.78 is 7.18. The van der Waals surface area contributed by atoms with E-state index in [-0.39, 0.29) is 0 Å². The van der Waals surface area contributed by atoms with Crippen LogP contribution in [0.25, 0.3) is 0 Å². The van der Waals surface area contributed by atoms with E-state index in [1.54, 1.807) is 0 Å². The summed E-state index contributed by atoms with van der Waals surface area (Å²) in [5, 5.41) is 0. The number of hydrogen-bond donors (Lipinski definition) is 1. The zero-order valence-electron chi connectivity index (χ0n) is 10.1. The third-order valence-corrected chi connectivity index (χ3v) is 4.12. The Morgan fingerprint density at radius 1 is 1.18 bits per heavy atom. The predicted molar refractivity (Wildman–Crippen MR) is 74.2 cm³/mol. The fourth-order valence-electron chi connectivity index (χ4n) is 2.39. The first kappa shape index (κ1) is 12.9. The van der Waals surface area contributed by atoms with Crippen molar-refractivity contribution in [3.8, 4) is 5.75 Å². The van der Waals surface area contributed by atoms with Crippen molar-refractivity contribution in [3.63, 3.8) is 0 Å². The Morgan fingerprint density at radius 3 is 2.53 bits per heavy atom. The summed E-state index contributed by atoms with van der Waals surface area (Å²) >= 11 is 3.53. The molecule has 17 heavy (non-hydrogen) atoms. The van der Waals surface area contributed by atoms with Gasteiger partial charge < -0.3 is 10.5 Å². The molecule has 1 fully saturated rings. The quantitative estimate of drug-likeness (QED) is 0.856. The molecule has 1 aliphatic carbocycles. The average molecular weight is 298 g/mol. The number of rotatable bonds is 3. The van der Waals surface area contributed by atoms with Gasteiger partial charge in [-0.25, -0.2) is 0 Å². The zero-order chi connectivity index (χ0) is 12.1. The Morgan fingerprint density at radius 2 is 1.88 bits per heavy atom. The van der Waals surface area contributed by atoms with Gasteiger partial charge in [0.15, 0.2) is 0 Å². The van der Waals surface area contributed by atoms with E-state index in [1.165, 1.54) is 38.5 Å². The van der Waals surface area contributed by atoms with Gasteiger partial charge in [-0.1, -0.05) is 34.8 Å². The summed E-state index contributed by atoms with van der Waals surface area (Å²) in [6.45, 7) is 0.517. The highest BCUT2D eigenvalue weighted by Gasteiger charge is 2.15. The van der Waals surface area contributed by atoms with Gasteiger partial charge in [-0.3, -0.25) is 0 Å². The van der Waals surface area contributed by atoms with E-state index >= 15 is 0 Å². The van der Waals surface area contributed by atoms with Crippen molar-refractivity contribution in [2.45, 2.75) is 51.2 Å². The molecular weight excluding hydrogens is 278 g/mol. The van der Waals surface area contributed by atoms with Crippen LogP contribution in [0.15, 0.2) is 22.7 Å². The summed E-state index contributed by atoms with van der Waals surface area (Å²) in [5.74, 6) is 0.953. The van der Waals surface area contributed by atoms with Crippen molar-refractivity contribution in [2.24, 2.45) is 5.73 Å². The molecule has 0 saturated heterocycles. The van der Waals surface area contributed by atoms with Gasteiger partial charge in [0.25, 0.3) is 0 Å². The number of nitrogens with two attached hydrogens (primary N) is 1. The normalized spacial score (nSPS) is 17.8. The first-order valence-electron chi connectivity index (χ1n) is 6.45. The van der Waals surface area contributed by atoms with E-state index < -0.39 is 0 Å². The van der Waals surface area contributed by atoms with E-state index in [1.807, 2.05) is 18.2 Å². The fourth-order valence-corrected chi connectivity index (χ4v) is 2.90. The summed E-state index contributed by atoms with van der Waals surface area (Å²) in [6, 6.07) is 6.05. The third-order valence-electron chi connectivity index (χ3n) is 3.38. The van der Waals surface area contributed by atoms with Gasteiger partial charge in [0.05, 0.1) is 6.10 Å². The molecule has 1 aliphatic rings. The minimum Gasteiger partial charge on any atom is -0.490 e. The third kappa shape index (κ3) is 3.46. The molecular formula is C14H20BrNO. The molecule has 0 unspecified atom stereocenters. The molecule has 1 saturated carbocycles. The molecule has 0 radical (unpaired) electrons. The molecule has 1 aromatic carbocycles. The molecule has 0 amide bonds. The molecule has 0 bridgehead atoms. The maximum Gasteiger partial charge on any atom is 0.125 e. The van der Waals surface area contributed by atoms with E-state index in [0.29, 0.717) is 12.6 Å². The van der Waals surface area contributed by atoms with E-state index in [2.05, 4.69) is 15.9 Å². The van der Waals surface area contributed by atoms with Crippen LogP contribution >= 0.6 is 15.9 Å². The van der Waals surface area contributed by atoms with Crippen molar-refractivity contribution >= 4 is 15.9 Å². The van der Waals surface area contributed by atoms with Gasteiger partial charge in [-0.15, -0.1) is 0 Å². The summed E-state index contributed by atoms with van der Waals surface area (Å²) in [7, 11) is 0. The van der Waals surface area contributed by atoms with Crippen LogP contribution < -0.4 is 10.5 Å². The lowest BCUT2D eigenvalue weighted by atomic mass is 10.1. The number of benzene rings is 1. The zero-order valence-corrected chi connectivity index (χ0v) is 11.7. The van der Waals surface area contributed by atoms with Gasteiger partial charge >= 0.3 is 0 Å². The second-order valence-electron chi connectivity index (χ2n) is 4.65. The molecule has 0 aliphatic heterocycles. The molecule has 0 aromatic heterocycles. The molecule has 2 N–H and O–H groups in total. The van der Waals surface area contributed by atoms with Crippen LogP contribution in [-0.2, 0) is 6.54 Å². The molecule has 3 heteroatoms. The summed E-state index contributed by atoms with van der Waals surface area (Å²) in [5.41, 5.74) is 6.86. The van der Waals surface area contributed by atoms with Crippen molar-refractivity contribution in [2.75, 3.05) is 0 Å². The van der Waals surface area contributed by atoms with Gasteiger partial charge in [-0.2, -0.15) is 0 Å². The van der Waals surface area contributed by atoms with Gasteiger partial charge in [0, 0.05) is 16.6 Å². The van der Waals surface area contributed by atoms with Crippen molar-refractivity contribution in [1.82, 2.24) is 0 Å². The lowest BCUT2D eigenvalue weighted by molar-refractivity contribution is 0.182. The number of ether oxygens (including phenoxy) is 1. The van der Waals surface area contributed by atoms with Gasteiger partial charge in [-0.05, 0) is 37.8 Å². The van der Waals surface area contributed by atoms with Crippen LogP contribution in [0.3, 0.4) is 0 Å². The van der Waals surface area contributed by atoms with E-state index in [0.717, 1.165) is 15.8 Å². The number of hydrogen-bond acceptors (Lipinski definition) is 2. The Balaban J connectivity index is 2.09. The maximum atomic E-state index is 6.13. The second-order valence-corrected chi connectivity index (χ2v) is 5.51. The van der Waals surface area contributed by atoms with Crippen molar-refractivity contribution < 1.29 is 4.74 Å². The first-order chi connectivity index (χ1) is 8.31. The topological polar surface area (TPSA) is 35.2 Å². The Bertz CT molecular complexity index is 359. The number of halogens is 1. The standard InChI is InChI=1S/C14H20BrNO/c15-13-8-5-9-14(12(13)10-16)17-11-6-3-1-2-4-7-11/h5,8-9,11H,1-4,6-7,10,16H2. The Kier molecular flexibility index (Phi) is 4.86. The summed E-state index contributed by atoms with van der Waals surface area (Å²) in [4.78, 5) is 0. The van der Waals surface area contributed by atoms with E-state index in [4.69, 9.17) is 10.5 Å². The van der Waals surface area contributed by atoms with Crippen molar-refractivity contribution in [3.05, 3.63) is 28.2 Å². The Hall–Kier alpha value is -0.540. The highest BCUT2D eigenvalue weighted by atomic mass is 79.9. The minimum atomic E-state index is 0.372. The van der Waals surface area contributed by atoms with Crippen molar-refractivity contribution in [1.29, 1.82) is 0 Å². The van der Waals surface area contributed by atoms with Gasteiger partial charge in [0.2, 0.25) is 0 Å². The highest BCUT2D eigenvalue weighted by molar-refractivity contribution is 9.10. The van der Waals surface area contributed by atoms with Crippen LogP contribution in [0.1, 0.15) is 44.1 Å². The van der Waals surface area contributed by atoms with E-state index in [9.17, 15) is 0 Å². The monoisotopic (exact) mass is 297 g/mol. The minimum absolute atomic E-state index is 0.372. The summed E-state index contributed by atoms with van der Waals surface area (Å²) in [6.07, 6.45) is 8.00. The molecule has 2 nitrogen and oxygen atoms in total. The second kappa shape index (κ2) is 6.41. The smallest absolute Gasteiger partial charge is 0.125 e. The largest absolute Gasteiger partial charge is 0.490 e. The molecule has 0 atom stereocenters. The van der Waals surface area contributed by atoms with Crippen LogP contribution in [0.2, 0.25) is 0 Å².